The Morgan fingerprint density at radius 1 is 1.35 bits per heavy atom. The second kappa shape index (κ2) is 6.04. The van der Waals surface area contributed by atoms with E-state index >= 15 is 0 Å². The van der Waals surface area contributed by atoms with Crippen molar-refractivity contribution in [2.24, 2.45) is 5.92 Å². The second-order valence-corrected chi connectivity index (χ2v) is 6.71. The van der Waals surface area contributed by atoms with E-state index in [0.29, 0.717) is 10.8 Å². The Hall–Kier alpha value is -1.22. The number of hydrogen-bond donors (Lipinski definition) is 0. The van der Waals surface area contributed by atoms with Crippen LogP contribution in [0.5, 0.6) is 5.75 Å². The molecule has 110 valence electrons. The first kappa shape index (κ1) is 15.2. The standard InChI is InChI=1S/C16H21ClO3/c1-16(2,3)20-15(18)19-13-9-8-12(14(17)10-13)7-6-11-4-5-11/h8-11H,4-7H2,1-3H3. The third-order valence-corrected chi connectivity index (χ3v) is 3.49. The van der Waals surface area contributed by atoms with Gasteiger partial charge in [0.05, 0.1) is 0 Å². The van der Waals surface area contributed by atoms with Crippen molar-refractivity contribution in [2.45, 2.75) is 52.1 Å². The zero-order valence-electron chi connectivity index (χ0n) is 12.2. The second-order valence-electron chi connectivity index (χ2n) is 6.30. The molecule has 0 bridgehead atoms. The minimum Gasteiger partial charge on any atom is -0.428 e. The van der Waals surface area contributed by atoms with Gasteiger partial charge >= 0.3 is 6.16 Å². The first-order valence-corrected chi connectivity index (χ1v) is 7.40. The molecule has 1 saturated carbocycles. The van der Waals surface area contributed by atoms with Crippen molar-refractivity contribution in [3.8, 4) is 5.75 Å². The van der Waals surface area contributed by atoms with Gasteiger partial charge in [0.25, 0.3) is 0 Å². The Balaban J connectivity index is 1.92. The van der Waals surface area contributed by atoms with Crippen molar-refractivity contribution in [1.82, 2.24) is 0 Å². The van der Waals surface area contributed by atoms with Gasteiger partial charge in [-0.15, -0.1) is 0 Å². The van der Waals surface area contributed by atoms with Crippen molar-refractivity contribution in [3.63, 3.8) is 0 Å². The van der Waals surface area contributed by atoms with Crippen molar-refractivity contribution in [3.05, 3.63) is 28.8 Å². The van der Waals surface area contributed by atoms with Gasteiger partial charge in [-0.1, -0.05) is 30.5 Å². The van der Waals surface area contributed by atoms with Gasteiger partial charge in [0.15, 0.2) is 0 Å². The fourth-order valence-electron chi connectivity index (χ4n) is 1.93. The highest BCUT2D eigenvalue weighted by Crippen LogP contribution is 2.34. The van der Waals surface area contributed by atoms with E-state index in [-0.39, 0.29) is 0 Å². The van der Waals surface area contributed by atoms with E-state index in [1.807, 2.05) is 6.07 Å². The SMILES string of the molecule is CC(C)(C)OC(=O)Oc1ccc(CCC2CC2)c(Cl)c1. The van der Waals surface area contributed by atoms with Gasteiger partial charge in [-0.3, -0.25) is 0 Å². The lowest BCUT2D eigenvalue weighted by Crippen LogP contribution is -2.25. The van der Waals surface area contributed by atoms with Crippen LogP contribution in [0.25, 0.3) is 0 Å². The summed E-state index contributed by atoms with van der Waals surface area (Å²) in [4.78, 5) is 11.6. The van der Waals surface area contributed by atoms with Gasteiger partial charge < -0.3 is 9.47 Å². The number of aryl methyl sites for hydroxylation is 1. The van der Waals surface area contributed by atoms with E-state index in [2.05, 4.69) is 0 Å². The molecule has 0 aliphatic heterocycles. The highest BCUT2D eigenvalue weighted by molar-refractivity contribution is 6.31. The van der Waals surface area contributed by atoms with Crippen molar-refractivity contribution >= 4 is 17.8 Å². The van der Waals surface area contributed by atoms with Crippen LogP contribution in [-0.2, 0) is 11.2 Å². The summed E-state index contributed by atoms with van der Waals surface area (Å²) in [5.74, 6) is 1.29. The highest BCUT2D eigenvalue weighted by Gasteiger charge is 2.21. The quantitative estimate of drug-likeness (QED) is 0.579. The molecule has 2 rings (SSSR count). The first-order valence-electron chi connectivity index (χ1n) is 7.03. The van der Waals surface area contributed by atoms with E-state index < -0.39 is 11.8 Å². The van der Waals surface area contributed by atoms with Gasteiger partial charge in [0.1, 0.15) is 11.4 Å². The van der Waals surface area contributed by atoms with Crippen LogP contribution in [0.1, 0.15) is 45.6 Å². The van der Waals surface area contributed by atoms with Crippen LogP contribution < -0.4 is 4.74 Å². The molecule has 0 atom stereocenters. The van der Waals surface area contributed by atoms with Crippen LogP contribution in [0.15, 0.2) is 18.2 Å². The number of halogens is 1. The Kier molecular flexibility index (Phi) is 4.59. The predicted octanol–water partition coefficient (Wildman–Crippen LogP) is 5.00. The third kappa shape index (κ3) is 5.04. The Bertz CT molecular complexity index is 487. The zero-order chi connectivity index (χ0) is 14.8. The summed E-state index contributed by atoms with van der Waals surface area (Å²) in [6.07, 6.45) is 4.15. The smallest absolute Gasteiger partial charge is 0.428 e. The van der Waals surface area contributed by atoms with Gasteiger partial charge in [0.2, 0.25) is 0 Å². The maximum absolute atomic E-state index is 11.6. The fraction of sp³-hybridized carbons (Fsp3) is 0.562. The van der Waals surface area contributed by atoms with E-state index in [0.717, 1.165) is 17.9 Å². The Morgan fingerprint density at radius 3 is 2.60 bits per heavy atom. The number of rotatable bonds is 4. The highest BCUT2D eigenvalue weighted by atomic mass is 35.5. The van der Waals surface area contributed by atoms with Crippen LogP contribution in [0, 0.1) is 5.92 Å². The zero-order valence-corrected chi connectivity index (χ0v) is 13.0. The predicted molar refractivity (Wildman–Crippen MR) is 79.4 cm³/mol. The Morgan fingerprint density at radius 2 is 2.05 bits per heavy atom. The summed E-state index contributed by atoms with van der Waals surface area (Å²) in [5.41, 5.74) is 0.542. The lowest BCUT2D eigenvalue weighted by atomic mass is 10.1. The normalized spacial score (nSPS) is 15.0. The molecule has 0 radical (unpaired) electrons. The summed E-state index contributed by atoms with van der Waals surface area (Å²) in [6, 6.07) is 5.36. The minimum atomic E-state index is -0.709. The molecule has 4 heteroatoms. The van der Waals surface area contributed by atoms with Gasteiger partial charge in [0, 0.05) is 5.02 Å². The molecule has 0 aromatic heterocycles. The van der Waals surface area contributed by atoms with E-state index in [9.17, 15) is 4.79 Å². The molecule has 0 saturated heterocycles. The molecule has 20 heavy (non-hydrogen) atoms. The molecule has 1 aliphatic rings. The van der Waals surface area contributed by atoms with Crippen LogP contribution in [0.2, 0.25) is 5.02 Å². The molecular weight excluding hydrogens is 276 g/mol. The number of benzene rings is 1. The summed E-state index contributed by atoms with van der Waals surface area (Å²) in [6.45, 7) is 5.38. The van der Waals surface area contributed by atoms with Crippen molar-refractivity contribution in [2.75, 3.05) is 0 Å². The largest absolute Gasteiger partial charge is 0.514 e. The molecule has 0 N–H and O–H groups in total. The number of ether oxygens (including phenoxy) is 2. The van der Waals surface area contributed by atoms with Crippen molar-refractivity contribution in [1.29, 1.82) is 0 Å². The van der Waals surface area contributed by atoms with E-state index in [1.54, 1.807) is 32.9 Å². The Labute approximate surface area is 125 Å². The maximum atomic E-state index is 11.6. The summed E-state index contributed by atoms with van der Waals surface area (Å²) in [7, 11) is 0. The topological polar surface area (TPSA) is 35.5 Å². The molecule has 1 aliphatic carbocycles. The van der Waals surface area contributed by atoms with Crippen molar-refractivity contribution < 1.29 is 14.3 Å². The van der Waals surface area contributed by atoms with E-state index in [4.69, 9.17) is 21.1 Å². The lowest BCUT2D eigenvalue weighted by Gasteiger charge is -2.18. The monoisotopic (exact) mass is 296 g/mol. The molecule has 0 spiro atoms. The van der Waals surface area contributed by atoms with Gasteiger partial charge in [-0.25, -0.2) is 4.79 Å². The van der Waals surface area contributed by atoms with Crippen LogP contribution in [-0.4, -0.2) is 11.8 Å². The van der Waals surface area contributed by atoms with E-state index in [1.165, 1.54) is 19.3 Å². The van der Waals surface area contributed by atoms with Gasteiger partial charge in [-0.2, -0.15) is 0 Å². The molecule has 3 nitrogen and oxygen atoms in total. The number of hydrogen-bond acceptors (Lipinski definition) is 3. The molecular formula is C16H21ClO3. The minimum absolute atomic E-state index is 0.416. The maximum Gasteiger partial charge on any atom is 0.514 e. The summed E-state index contributed by atoms with van der Waals surface area (Å²) >= 11 is 6.22. The number of carbonyl (C=O) groups is 1. The van der Waals surface area contributed by atoms with Crippen LogP contribution in [0.4, 0.5) is 4.79 Å². The molecule has 1 aromatic rings. The fourth-order valence-corrected chi connectivity index (χ4v) is 2.19. The first-order chi connectivity index (χ1) is 9.33. The van der Waals surface area contributed by atoms with Crippen LogP contribution in [0.3, 0.4) is 0 Å². The molecule has 0 unspecified atom stereocenters. The molecule has 0 amide bonds. The molecule has 1 aromatic carbocycles. The summed E-state index contributed by atoms with van der Waals surface area (Å²) in [5, 5.41) is 0.645. The number of carbonyl (C=O) groups excluding carboxylic acids is 1. The summed E-state index contributed by atoms with van der Waals surface area (Å²) < 4.78 is 10.2. The lowest BCUT2D eigenvalue weighted by molar-refractivity contribution is 0.0206. The molecule has 1 fully saturated rings. The average molecular weight is 297 g/mol. The van der Waals surface area contributed by atoms with Gasteiger partial charge in [-0.05, 0) is 57.2 Å². The molecule has 0 heterocycles. The van der Waals surface area contributed by atoms with Crippen LogP contribution >= 0.6 is 11.6 Å². The average Bonchev–Trinajstić information content (AvgIpc) is 3.09. The third-order valence-electron chi connectivity index (χ3n) is 3.13.